The third-order valence-electron chi connectivity index (χ3n) is 4.06. The van der Waals surface area contributed by atoms with Crippen LogP contribution in [0.15, 0.2) is 28.7 Å². The number of non-ortho nitro benzene ring substituents is 1. The van der Waals surface area contributed by atoms with Crippen molar-refractivity contribution in [3.05, 3.63) is 40.3 Å². The summed E-state index contributed by atoms with van der Waals surface area (Å²) in [7, 11) is 0. The highest BCUT2D eigenvalue weighted by molar-refractivity contribution is 8.00. The summed E-state index contributed by atoms with van der Waals surface area (Å²) in [6.07, 6.45) is 6.48. The van der Waals surface area contributed by atoms with Crippen LogP contribution in [-0.4, -0.2) is 20.4 Å². The molecule has 1 aliphatic rings. The molecule has 1 atom stereocenters. The number of nitro groups is 1. The molecule has 1 saturated carbocycles. The summed E-state index contributed by atoms with van der Waals surface area (Å²) in [5.74, 6) is 1.03. The maximum atomic E-state index is 10.7. The highest BCUT2D eigenvalue weighted by Crippen LogP contribution is 2.38. The quantitative estimate of drug-likeness (QED) is 0.579. The normalized spacial score (nSPS) is 17.1. The average Bonchev–Trinajstić information content (AvgIpc) is 3.06. The van der Waals surface area contributed by atoms with Gasteiger partial charge in [0.2, 0.25) is 11.8 Å². The van der Waals surface area contributed by atoms with E-state index in [1.807, 2.05) is 11.8 Å². The lowest BCUT2D eigenvalue weighted by molar-refractivity contribution is -0.384. The van der Waals surface area contributed by atoms with Gasteiger partial charge < -0.3 is 4.42 Å². The number of rotatable bonds is 5. The monoisotopic (exact) mass is 333 g/mol. The summed E-state index contributed by atoms with van der Waals surface area (Å²) in [4.78, 5) is 10.3. The molecule has 0 N–H and O–H groups in total. The first-order valence-electron chi connectivity index (χ1n) is 7.87. The Morgan fingerprint density at radius 2 is 1.91 bits per heavy atom. The van der Waals surface area contributed by atoms with Crippen LogP contribution in [-0.2, 0) is 0 Å². The molecule has 2 aromatic rings. The maximum absolute atomic E-state index is 10.7. The predicted molar refractivity (Wildman–Crippen MR) is 89.3 cm³/mol. The molecule has 122 valence electrons. The fraction of sp³-hybridized carbons (Fsp3) is 0.500. The molecule has 1 aromatic carbocycles. The molecule has 0 amide bonds. The van der Waals surface area contributed by atoms with Gasteiger partial charge in [0.1, 0.15) is 0 Å². The molecular formula is C16H19N3O3S. The molecular weight excluding hydrogens is 314 g/mol. The van der Waals surface area contributed by atoms with Crippen molar-refractivity contribution in [3.63, 3.8) is 0 Å². The van der Waals surface area contributed by atoms with Gasteiger partial charge in [0.25, 0.3) is 5.69 Å². The molecule has 0 bridgehead atoms. The van der Waals surface area contributed by atoms with Gasteiger partial charge in [-0.15, -0.1) is 22.0 Å². The molecule has 3 rings (SSSR count). The Kier molecular flexibility index (Phi) is 4.95. The number of nitro benzene ring substituents is 1. The van der Waals surface area contributed by atoms with E-state index in [0.717, 1.165) is 0 Å². The maximum Gasteiger partial charge on any atom is 0.269 e. The minimum absolute atomic E-state index is 0.0507. The van der Waals surface area contributed by atoms with Gasteiger partial charge >= 0.3 is 0 Å². The first-order valence-corrected chi connectivity index (χ1v) is 8.81. The van der Waals surface area contributed by atoms with Crippen LogP contribution >= 0.6 is 11.8 Å². The lowest BCUT2D eigenvalue weighted by Crippen LogP contribution is -2.09. The fourth-order valence-corrected chi connectivity index (χ4v) is 4.18. The molecule has 23 heavy (non-hydrogen) atoms. The zero-order chi connectivity index (χ0) is 16.2. The molecule has 1 aliphatic carbocycles. The molecule has 7 heteroatoms. The van der Waals surface area contributed by atoms with E-state index in [1.165, 1.54) is 44.2 Å². The van der Waals surface area contributed by atoms with E-state index in [1.54, 1.807) is 12.1 Å². The van der Waals surface area contributed by atoms with Gasteiger partial charge in [-0.1, -0.05) is 19.3 Å². The Labute approximate surface area is 138 Å². The molecule has 0 spiro atoms. The molecule has 0 unspecified atom stereocenters. The van der Waals surface area contributed by atoms with E-state index in [4.69, 9.17) is 4.42 Å². The van der Waals surface area contributed by atoms with Crippen LogP contribution in [0, 0.1) is 10.1 Å². The number of hydrogen-bond acceptors (Lipinski definition) is 6. The van der Waals surface area contributed by atoms with E-state index in [2.05, 4.69) is 17.1 Å². The lowest BCUT2D eigenvalue weighted by atomic mass is 10.0. The second kappa shape index (κ2) is 7.12. The molecule has 0 saturated heterocycles. The van der Waals surface area contributed by atoms with Gasteiger partial charge in [-0.25, -0.2) is 0 Å². The van der Waals surface area contributed by atoms with E-state index in [9.17, 15) is 10.1 Å². The van der Waals surface area contributed by atoms with Crippen molar-refractivity contribution in [2.45, 2.75) is 49.5 Å². The SMILES string of the molecule is C[C@H](SC1CCCCC1)c1nnc(-c2ccc([N+](=O)[O-])cc2)o1. The molecule has 1 fully saturated rings. The summed E-state index contributed by atoms with van der Waals surface area (Å²) in [6, 6.07) is 6.15. The van der Waals surface area contributed by atoms with Crippen LogP contribution in [0.4, 0.5) is 5.69 Å². The summed E-state index contributed by atoms with van der Waals surface area (Å²) < 4.78 is 5.76. The second-order valence-corrected chi connectivity index (χ2v) is 7.43. The highest BCUT2D eigenvalue weighted by atomic mass is 32.2. The number of aromatic nitrogens is 2. The summed E-state index contributed by atoms with van der Waals surface area (Å²) >= 11 is 1.90. The minimum atomic E-state index is -0.425. The van der Waals surface area contributed by atoms with Crippen molar-refractivity contribution in [3.8, 4) is 11.5 Å². The van der Waals surface area contributed by atoms with Crippen LogP contribution in [0.2, 0.25) is 0 Å². The number of benzene rings is 1. The standard InChI is InChI=1S/C16H19N3O3S/c1-11(23-14-5-3-2-4-6-14)15-17-18-16(22-15)12-7-9-13(10-8-12)19(20)21/h7-11,14H,2-6H2,1H3/t11-/m0/s1. The zero-order valence-corrected chi connectivity index (χ0v) is 13.8. The second-order valence-electron chi connectivity index (χ2n) is 5.79. The van der Waals surface area contributed by atoms with Crippen molar-refractivity contribution in [1.82, 2.24) is 10.2 Å². The van der Waals surface area contributed by atoms with E-state index < -0.39 is 4.92 Å². The lowest BCUT2D eigenvalue weighted by Gasteiger charge is -2.22. The average molecular weight is 333 g/mol. The van der Waals surface area contributed by atoms with Gasteiger partial charge in [0.15, 0.2) is 0 Å². The summed E-state index contributed by atoms with van der Waals surface area (Å²) in [5.41, 5.74) is 0.749. The molecule has 1 heterocycles. The van der Waals surface area contributed by atoms with Crippen molar-refractivity contribution >= 4 is 17.4 Å². The number of nitrogens with zero attached hydrogens (tertiary/aromatic N) is 3. The number of thioether (sulfide) groups is 1. The third kappa shape index (κ3) is 3.90. The Bertz CT molecular complexity index is 665. The van der Waals surface area contributed by atoms with Gasteiger partial charge in [0, 0.05) is 22.9 Å². The number of hydrogen-bond donors (Lipinski definition) is 0. The van der Waals surface area contributed by atoms with E-state index in [-0.39, 0.29) is 10.9 Å². The minimum Gasteiger partial charge on any atom is -0.420 e. The van der Waals surface area contributed by atoms with Crippen LogP contribution in [0.3, 0.4) is 0 Å². The Balaban J connectivity index is 1.68. The van der Waals surface area contributed by atoms with Crippen molar-refractivity contribution < 1.29 is 9.34 Å². The molecule has 6 nitrogen and oxygen atoms in total. The van der Waals surface area contributed by atoms with E-state index >= 15 is 0 Å². The van der Waals surface area contributed by atoms with Crippen LogP contribution < -0.4 is 0 Å². The topological polar surface area (TPSA) is 82.1 Å². The Hall–Kier alpha value is -1.89. The smallest absolute Gasteiger partial charge is 0.269 e. The first-order chi connectivity index (χ1) is 11.1. The first kappa shape index (κ1) is 16.0. The molecule has 1 aromatic heterocycles. The predicted octanol–water partition coefficient (Wildman–Crippen LogP) is 4.77. The largest absolute Gasteiger partial charge is 0.420 e. The van der Waals surface area contributed by atoms with E-state index in [0.29, 0.717) is 22.6 Å². The van der Waals surface area contributed by atoms with Crippen molar-refractivity contribution in [2.75, 3.05) is 0 Å². The van der Waals surface area contributed by atoms with Crippen LogP contribution in [0.25, 0.3) is 11.5 Å². The van der Waals surface area contributed by atoms with Gasteiger partial charge in [0.05, 0.1) is 10.2 Å². The fourth-order valence-electron chi connectivity index (χ4n) is 2.79. The summed E-state index contributed by atoms with van der Waals surface area (Å²) in [5, 5.41) is 19.7. The van der Waals surface area contributed by atoms with Gasteiger partial charge in [-0.2, -0.15) is 0 Å². The molecule has 0 aliphatic heterocycles. The Morgan fingerprint density at radius 3 is 2.57 bits per heavy atom. The third-order valence-corrected chi connectivity index (χ3v) is 5.53. The van der Waals surface area contributed by atoms with Gasteiger partial charge in [-0.3, -0.25) is 10.1 Å². The van der Waals surface area contributed by atoms with Crippen LogP contribution in [0.1, 0.15) is 50.2 Å². The molecule has 0 radical (unpaired) electrons. The van der Waals surface area contributed by atoms with Gasteiger partial charge in [-0.05, 0) is 31.9 Å². The highest BCUT2D eigenvalue weighted by Gasteiger charge is 2.22. The summed E-state index contributed by atoms with van der Waals surface area (Å²) in [6.45, 7) is 2.09. The Morgan fingerprint density at radius 1 is 1.22 bits per heavy atom. The van der Waals surface area contributed by atoms with Crippen LogP contribution in [0.5, 0.6) is 0 Å². The zero-order valence-electron chi connectivity index (χ0n) is 13.0. The van der Waals surface area contributed by atoms with Crippen molar-refractivity contribution in [2.24, 2.45) is 0 Å². The van der Waals surface area contributed by atoms with Crippen molar-refractivity contribution in [1.29, 1.82) is 0 Å².